The summed E-state index contributed by atoms with van der Waals surface area (Å²) in [5, 5.41) is 2.87. The zero-order chi connectivity index (χ0) is 22.0. The van der Waals surface area contributed by atoms with E-state index in [9.17, 15) is 9.59 Å². The van der Waals surface area contributed by atoms with Gasteiger partial charge in [0.15, 0.2) is 5.92 Å². The van der Waals surface area contributed by atoms with E-state index >= 15 is 0 Å². The number of benzene rings is 2. The number of carbonyl (C=O) groups excluding carboxylic acids is 2. The van der Waals surface area contributed by atoms with Crippen molar-refractivity contribution in [3.05, 3.63) is 70.8 Å². The molecular weight excluding hydrogens is 390 g/mol. The van der Waals surface area contributed by atoms with Gasteiger partial charge in [-0.2, -0.15) is 0 Å². The van der Waals surface area contributed by atoms with Crippen molar-refractivity contribution in [3.8, 4) is 0 Å². The van der Waals surface area contributed by atoms with Gasteiger partial charge in [-0.25, -0.2) is 4.99 Å². The Labute approximate surface area is 183 Å². The molecule has 31 heavy (non-hydrogen) atoms. The van der Waals surface area contributed by atoms with E-state index in [0.29, 0.717) is 18.4 Å². The van der Waals surface area contributed by atoms with Gasteiger partial charge in [-0.15, -0.1) is 0 Å². The number of hydrogen-bond acceptors (Lipinski definition) is 5. The lowest BCUT2D eigenvalue weighted by Crippen LogP contribution is -2.53. The summed E-state index contributed by atoms with van der Waals surface area (Å²) in [5.74, 6) is -0.967. The van der Waals surface area contributed by atoms with Crippen LogP contribution < -0.4 is 5.32 Å². The Bertz CT molecular complexity index is 997. The molecule has 2 aromatic carbocycles. The fourth-order valence-corrected chi connectivity index (χ4v) is 4.22. The fourth-order valence-electron chi connectivity index (χ4n) is 4.22. The molecule has 2 atom stereocenters. The van der Waals surface area contributed by atoms with E-state index in [1.165, 1.54) is 16.7 Å². The zero-order valence-electron chi connectivity index (χ0n) is 18.3. The van der Waals surface area contributed by atoms with Crippen molar-refractivity contribution in [3.63, 3.8) is 0 Å². The van der Waals surface area contributed by atoms with E-state index in [4.69, 9.17) is 9.73 Å². The Morgan fingerprint density at radius 2 is 1.87 bits per heavy atom. The van der Waals surface area contributed by atoms with Gasteiger partial charge in [0.25, 0.3) is 0 Å². The van der Waals surface area contributed by atoms with Crippen LogP contribution in [0.15, 0.2) is 53.5 Å². The minimum absolute atomic E-state index is 0.223. The van der Waals surface area contributed by atoms with Crippen molar-refractivity contribution in [1.82, 2.24) is 10.2 Å². The highest BCUT2D eigenvalue weighted by atomic mass is 16.5. The van der Waals surface area contributed by atoms with Crippen molar-refractivity contribution in [2.75, 3.05) is 13.2 Å². The lowest BCUT2D eigenvalue weighted by Gasteiger charge is -2.36. The van der Waals surface area contributed by atoms with Crippen molar-refractivity contribution in [2.24, 2.45) is 10.9 Å². The molecule has 0 aromatic heterocycles. The quantitative estimate of drug-likeness (QED) is 0.608. The van der Waals surface area contributed by atoms with Gasteiger partial charge in [0, 0.05) is 13.1 Å². The summed E-state index contributed by atoms with van der Waals surface area (Å²) in [6, 6.07) is 15.7. The summed E-state index contributed by atoms with van der Waals surface area (Å²) in [4.78, 5) is 32.6. The molecule has 1 N–H and O–H groups in total. The number of aliphatic imine (C=N–C) groups is 1. The van der Waals surface area contributed by atoms with Crippen LogP contribution in [0.5, 0.6) is 0 Å². The number of rotatable bonds is 4. The molecule has 6 nitrogen and oxygen atoms in total. The second kappa shape index (κ2) is 8.92. The number of guanidine groups is 1. The largest absolute Gasteiger partial charge is 0.465 e. The summed E-state index contributed by atoms with van der Waals surface area (Å²) in [5.41, 5.74) is 4.60. The molecule has 4 rings (SSSR count). The van der Waals surface area contributed by atoms with Crippen LogP contribution >= 0.6 is 0 Å². The first-order valence-electron chi connectivity index (χ1n) is 10.9. The number of amides is 1. The van der Waals surface area contributed by atoms with Gasteiger partial charge in [0.1, 0.15) is 6.04 Å². The molecule has 0 saturated heterocycles. The molecule has 2 aromatic rings. The van der Waals surface area contributed by atoms with E-state index in [1.54, 1.807) is 6.92 Å². The summed E-state index contributed by atoms with van der Waals surface area (Å²) in [7, 11) is 0. The van der Waals surface area contributed by atoms with Crippen molar-refractivity contribution < 1.29 is 14.3 Å². The molecular formula is C25H29N3O3. The van der Waals surface area contributed by atoms with E-state index < -0.39 is 17.9 Å². The summed E-state index contributed by atoms with van der Waals surface area (Å²) < 4.78 is 5.21. The van der Waals surface area contributed by atoms with Crippen LogP contribution in [0, 0.1) is 5.92 Å². The van der Waals surface area contributed by atoms with Gasteiger partial charge in [-0.05, 0) is 41.5 Å². The molecule has 0 radical (unpaired) electrons. The molecule has 1 amide bonds. The molecule has 2 aliphatic rings. The number of carbonyl (C=O) groups is 2. The Hall–Kier alpha value is -3.15. The third kappa shape index (κ3) is 4.33. The molecule has 2 heterocycles. The number of fused-ring (bicyclic) bond motifs is 1. The Kier molecular flexibility index (Phi) is 6.07. The zero-order valence-corrected chi connectivity index (χ0v) is 18.3. The summed E-state index contributed by atoms with van der Waals surface area (Å²) >= 11 is 0. The van der Waals surface area contributed by atoms with Gasteiger partial charge < -0.3 is 9.64 Å². The topological polar surface area (TPSA) is 71.0 Å². The first-order valence-corrected chi connectivity index (χ1v) is 10.9. The molecule has 162 valence electrons. The normalized spacial score (nSPS) is 20.7. The molecule has 0 bridgehead atoms. The lowest BCUT2D eigenvalue weighted by molar-refractivity contribution is -0.153. The summed E-state index contributed by atoms with van der Waals surface area (Å²) in [6.07, 6.45) is 0.889. The Morgan fingerprint density at radius 1 is 1.16 bits per heavy atom. The Morgan fingerprint density at radius 3 is 2.55 bits per heavy atom. The minimum Gasteiger partial charge on any atom is -0.465 e. The molecule has 6 heteroatoms. The average molecular weight is 420 g/mol. The highest BCUT2D eigenvalue weighted by Gasteiger charge is 2.42. The highest BCUT2D eigenvalue weighted by Crippen LogP contribution is 2.32. The smallest absolute Gasteiger partial charge is 0.321 e. The highest BCUT2D eigenvalue weighted by molar-refractivity contribution is 6.08. The number of nitrogens with one attached hydrogen (secondary N) is 1. The summed E-state index contributed by atoms with van der Waals surface area (Å²) in [6.45, 7) is 7.67. The predicted molar refractivity (Wildman–Crippen MR) is 120 cm³/mol. The van der Waals surface area contributed by atoms with Gasteiger partial charge >= 0.3 is 5.97 Å². The predicted octanol–water partition coefficient (Wildman–Crippen LogP) is 3.57. The third-order valence-corrected chi connectivity index (χ3v) is 6.01. The number of esters is 1. The maximum absolute atomic E-state index is 13.0. The van der Waals surface area contributed by atoms with Gasteiger partial charge in [0.2, 0.25) is 11.9 Å². The van der Waals surface area contributed by atoms with Crippen LogP contribution in [0.1, 0.15) is 55.0 Å². The SMILES string of the molecule is CCOC(=O)[C@H]1C(=O)NC(N2CCc3ccccc3C2)=N[C@H]1c1ccc(C(C)C)cc1. The van der Waals surface area contributed by atoms with E-state index in [0.717, 1.165) is 18.5 Å². The molecule has 0 unspecified atom stereocenters. The van der Waals surface area contributed by atoms with Gasteiger partial charge in [-0.1, -0.05) is 62.4 Å². The first-order chi connectivity index (χ1) is 15.0. The van der Waals surface area contributed by atoms with Crippen LogP contribution in [0.2, 0.25) is 0 Å². The van der Waals surface area contributed by atoms with Crippen molar-refractivity contribution >= 4 is 17.8 Å². The lowest BCUT2D eigenvalue weighted by atomic mass is 9.90. The third-order valence-electron chi connectivity index (χ3n) is 6.01. The van der Waals surface area contributed by atoms with Crippen LogP contribution in [0.3, 0.4) is 0 Å². The monoisotopic (exact) mass is 419 g/mol. The van der Waals surface area contributed by atoms with Crippen LogP contribution in [0.25, 0.3) is 0 Å². The van der Waals surface area contributed by atoms with E-state index in [-0.39, 0.29) is 12.5 Å². The average Bonchev–Trinajstić information content (AvgIpc) is 2.78. The van der Waals surface area contributed by atoms with Crippen molar-refractivity contribution in [1.29, 1.82) is 0 Å². The second-order valence-corrected chi connectivity index (χ2v) is 8.38. The molecule has 2 aliphatic heterocycles. The van der Waals surface area contributed by atoms with E-state index in [2.05, 4.69) is 42.3 Å². The standard InChI is InChI=1S/C25H29N3O3/c1-4-31-24(30)21-22(19-11-9-17(10-12-19)16(2)3)26-25(27-23(21)29)28-14-13-18-7-5-6-8-20(18)15-28/h5-12,16,21-22H,4,13-15H2,1-3H3,(H,26,27,29)/t21-,22+/m1/s1. The van der Waals surface area contributed by atoms with Crippen LogP contribution in [-0.4, -0.2) is 35.9 Å². The fraction of sp³-hybridized carbons (Fsp3) is 0.400. The number of ether oxygens (including phenoxy) is 1. The molecule has 0 aliphatic carbocycles. The van der Waals surface area contributed by atoms with Crippen LogP contribution in [0.4, 0.5) is 0 Å². The molecule has 0 spiro atoms. The maximum atomic E-state index is 13.0. The molecule has 0 fully saturated rings. The Balaban J connectivity index is 1.68. The van der Waals surface area contributed by atoms with Crippen LogP contribution in [-0.2, 0) is 27.3 Å². The van der Waals surface area contributed by atoms with E-state index in [1.807, 2.05) is 30.3 Å². The molecule has 0 saturated carbocycles. The van der Waals surface area contributed by atoms with Gasteiger partial charge in [-0.3, -0.25) is 14.9 Å². The second-order valence-electron chi connectivity index (χ2n) is 8.38. The first kappa shape index (κ1) is 21.1. The van der Waals surface area contributed by atoms with Crippen molar-refractivity contribution in [2.45, 2.75) is 45.7 Å². The number of nitrogens with zero attached hydrogens (tertiary/aromatic N) is 2. The van der Waals surface area contributed by atoms with Gasteiger partial charge in [0.05, 0.1) is 6.61 Å². The number of hydrogen-bond donors (Lipinski definition) is 1. The minimum atomic E-state index is -0.995. The maximum Gasteiger partial charge on any atom is 0.321 e.